The lowest BCUT2D eigenvalue weighted by Gasteiger charge is -2.22. The first kappa shape index (κ1) is 17.5. The van der Waals surface area contributed by atoms with E-state index in [9.17, 15) is 14.0 Å². The predicted molar refractivity (Wildman–Crippen MR) is 89.6 cm³/mol. The van der Waals surface area contributed by atoms with Crippen molar-refractivity contribution in [2.75, 3.05) is 0 Å². The number of primary amides is 1. The molecule has 0 aromatic heterocycles. The molecule has 2 rings (SSSR count). The fourth-order valence-electron chi connectivity index (χ4n) is 2.42. The van der Waals surface area contributed by atoms with E-state index in [2.05, 4.69) is 10.6 Å². The molecule has 5 nitrogen and oxygen atoms in total. The van der Waals surface area contributed by atoms with E-state index in [1.165, 1.54) is 13.0 Å². The lowest BCUT2D eigenvalue weighted by atomic mass is 9.98. The number of nitrogens with two attached hydrogens (primary N) is 1. The maximum absolute atomic E-state index is 14.2. The Morgan fingerprint density at radius 1 is 1.04 bits per heavy atom. The summed E-state index contributed by atoms with van der Waals surface area (Å²) in [6, 6.07) is 13.6. The molecule has 0 fully saturated rings. The molecule has 0 radical (unpaired) electrons. The molecule has 126 valence electrons. The fourth-order valence-corrected chi connectivity index (χ4v) is 2.42. The highest BCUT2D eigenvalue weighted by Gasteiger charge is 2.22. The van der Waals surface area contributed by atoms with Gasteiger partial charge in [-0.25, -0.2) is 9.18 Å². The van der Waals surface area contributed by atoms with Crippen LogP contribution in [0.2, 0.25) is 0 Å². The quantitative estimate of drug-likeness (QED) is 0.759. The molecule has 0 spiro atoms. The monoisotopic (exact) mass is 329 g/mol. The maximum Gasteiger partial charge on any atom is 0.312 e. The minimum atomic E-state index is -0.812. The minimum Gasteiger partial charge on any atom is -0.352 e. The van der Waals surface area contributed by atoms with E-state index in [-0.39, 0.29) is 0 Å². The van der Waals surface area contributed by atoms with Crippen molar-refractivity contribution >= 4 is 11.9 Å². The van der Waals surface area contributed by atoms with Crippen molar-refractivity contribution in [3.63, 3.8) is 0 Å². The second kappa shape index (κ2) is 8.10. The van der Waals surface area contributed by atoms with Gasteiger partial charge in [0.15, 0.2) is 0 Å². The van der Waals surface area contributed by atoms with E-state index < -0.39 is 29.8 Å². The van der Waals surface area contributed by atoms with Crippen molar-refractivity contribution < 1.29 is 14.0 Å². The molecule has 0 aliphatic carbocycles. The summed E-state index contributed by atoms with van der Waals surface area (Å²) in [5.74, 6) is -0.827. The number of halogens is 1. The van der Waals surface area contributed by atoms with Gasteiger partial charge in [-0.2, -0.15) is 0 Å². The summed E-state index contributed by atoms with van der Waals surface area (Å²) >= 11 is 0. The average Bonchev–Trinajstić information content (AvgIpc) is 2.55. The third-order valence-corrected chi connectivity index (χ3v) is 3.63. The van der Waals surface area contributed by atoms with Crippen LogP contribution in [-0.2, 0) is 11.2 Å². The van der Waals surface area contributed by atoms with Crippen LogP contribution in [-0.4, -0.2) is 18.0 Å². The van der Waals surface area contributed by atoms with Crippen molar-refractivity contribution in [1.29, 1.82) is 0 Å². The Morgan fingerprint density at radius 3 is 2.29 bits per heavy atom. The third-order valence-electron chi connectivity index (χ3n) is 3.63. The highest BCUT2D eigenvalue weighted by Crippen LogP contribution is 2.21. The van der Waals surface area contributed by atoms with Crippen LogP contribution >= 0.6 is 0 Å². The van der Waals surface area contributed by atoms with E-state index in [4.69, 9.17) is 5.73 Å². The first-order valence-corrected chi connectivity index (χ1v) is 7.62. The molecule has 6 heteroatoms. The van der Waals surface area contributed by atoms with Gasteiger partial charge in [-0.1, -0.05) is 48.5 Å². The molecule has 0 aliphatic heterocycles. The molecule has 0 bridgehead atoms. The molecule has 0 heterocycles. The van der Waals surface area contributed by atoms with Gasteiger partial charge in [0, 0.05) is 5.56 Å². The number of hydrogen-bond donors (Lipinski definition) is 3. The van der Waals surface area contributed by atoms with E-state index >= 15 is 0 Å². The van der Waals surface area contributed by atoms with E-state index in [1.807, 2.05) is 30.3 Å². The summed E-state index contributed by atoms with van der Waals surface area (Å²) in [5, 5.41) is 5.09. The van der Waals surface area contributed by atoms with Crippen LogP contribution in [0.5, 0.6) is 0 Å². The van der Waals surface area contributed by atoms with Gasteiger partial charge in [0.25, 0.3) is 0 Å². The van der Waals surface area contributed by atoms with Crippen LogP contribution in [0.3, 0.4) is 0 Å². The van der Waals surface area contributed by atoms with Crippen LogP contribution in [0.25, 0.3) is 0 Å². The van der Waals surface area contributed by atoms with Crippen LogP contribution in [0, 0.1) is 5.82 Å². The van der Waals surface area contributed by atoms with Crippen molar-refractivity contribution in [2.24, 2.45) is 5.73 Å². The zero-order valence-electron chi connectivity index (χ0n) is 13.3. The zero-order valence-corrected chi connectivity index (χ0v) is 13.3. The van der Waals surface area contributed by atoms with Gasteiger partial charge in [-0.3, -0.25) is 4.79 Å². The molecule has 0 unspecified atom stereocenters. The molecular weight excluding hydrogens is 309 g/mol. The summed E-state index contributed by atoms with van der Waals surface area (Å²) < 4.78 is 14.2. The average molecular weight is 329 g/mol. The SMILES string of the molecule is C[C@@H](NC(N)=O)C(=O)N[C@@H](Cc1ccccc1)c1ccccc1F. The number of benzene rings is 2. The first-order valence-electron chi connectivity index (χ1n) is 7.62. The van der Waals surface area contributed by atoms with E-state index in [0.29, 0.717) is 12.0 Å². The number of rotatable bonds is 6. The second-order valence-corrected chi connectivity index (χ2v) is 5.50. The van der Waals surface area contributed by atoms with Crippen molar-refractivity contribution in [3.8, 4) is 0 Å². The first-order chi connectivity index (χ1) is 11.5. The normalized spacial score (nSPS) is 12.9. The molecule has 2 aromatic rings. The number of carbonyl (C=O) groups excluding carboxylic acids is 2. The Morgan fingerprint density at radius 2 is 1.67 bits per heavy atom. The Hall–Kier alpha value is -2.89. The summed E-state index contributed by atoms with van der Waals surface area (Å²) in [5.41, 5.74) is 6.38. The van der Waals surface area contributed by atoms with Crippen LogP contribution in [0.4, 0.5) is 9.18 Å². The van der Waals surface area contributed by atoms with Crippen LogP contribution in [0.15, 0.2) is 54.6 Å². The largest absolute Gasteiger partial charge is 0.352 e. The summed E-state index contributed by atoms with van der Waals surface area (Å²) in [6.45, 7) is 1.51. The standard InChI is InChI=1S/C18H20FN3O2/c1-12(21-18(20)24)17(23)22-16(11-13-7-3-2-4-8-13)14-9-5-6-10-15(14)19/h2-10,12,16H,11H2,1H3,(H,22,23)(H3,20,21,24)/t12-,16+/m1/s1. The lowest BCUT2D eigenvalue weighted by Crippen LogP contribution is -2.48. The minimum absolute atomic E-state index is 0.390. The maximum atomic E-state index is 14.2. The Balaban J connectivity index is 2.21. The molecule has 0 saturated heterocycles. The van der Waals surface area contributed by atoms with Crippen molar-refractivity contribution in [3.05, 3.63) is 71.5 Å². The molecule has 24 heavy (non-hydrogen) atoms. The van der Waals surface area contributed by atoms with Crippen LogP contribution < -0.4 is 16.4 Å². The molecule has 3 amide bonds. The predicted octanol–water partition coefficient (Wildman–Crippen LogP) is 2.28. The molecule has 2 atom stereocenters. The summed E-state index contributed by atoms with van der Waals surface area (Å²) in [6.07, 6.45) is 0.427. The highest BCUT2D eigenvalue weighted by atomic mass is 19.1. The van der Waals surface area contributed by atoms with Gasteiger partial charge in [0.05, 0.1) is 6.04 Å². The number of amides is 3. The number of hydrogen-bond acceptors (Lipinski definition) is 2. The van der Waals surface area contributed by atoms with E-state index in [1.54, 1.807) is 18.2 Å². The van der Waals surface area contributed by atoms with Gasteiger partial charge >= 0.3 is 6.03 Å². The Kier molecular flexibility index (Phi) is 5.89. The van der Waals surface area contributed by atoms with Gasteiger partial charge in [0.2, 0.25) is 5.91 Å². The van der Waals surface area contributed by atoms with Gasteiger partial charge in [0.1, 0.15) is 11.9 Å². The molecule has 0 aliphatic rings. The number of carbonyl (C=O) groups is 2. The van der Waals surface area contributed by atoms with Gasteiger partial charge in [-0.15, -0.1) is 0 Å². The number of nitrogens with one attached hydrogen (secondary N) is 2. The molecule has 0 saturated carbocycles. The molecular formula is C18H20FN3O2. The van der Waals surface area contributed by atoms with Gasteiger partial charge < -0.3 is 16.4 Å². The molecule has 2 aromatic carbocycles. The smallest absolute Gasteiger partial charge is 0.312 e. The highest BCUT2D eigenvalue weighted by molar-refractivity contribution is 5.86. The summed E-state index contributed by atoms with van der Waals surface area (Å²) in [4.78, 5) is 23.1. The Bertz CT molecular complexity index is 706. The second-order valence-electron chi connectivity index (χ2n) is 5.50. The van der Waals surface area contributed by atoms with Gasteiger partial charge in [-0.05, 0) is 25.0 Å². The van der Waals surface area contributed by atoms with E-state index in [0.717, 1.165) is 5.56 Å². The number of urea groups is 1. The fraction of sp³-hybridized carbons (Fsp3) is 0.222. The zero-order chi connectivity index (χ0) is 17.5. The third kappa shape index (κ3) is 4.81. The van der Waals surface area contributed by atoms with Crippen molar-refractivity contribution in [2.45, 2.75) is 25.4 Å². The van der Waals surface area contributed by atoms with Crippen LogP contribution in [0.1, 0.15) is 24.1 Å². The van der Waals surface area contributed by atoms with Crippen molar-refractivity contribution in [1.82, 2.24) is 10.6 Å². The Labute approximate surface area is 140 Å². The topological polar surface area (TPSA) is 84.2 Å². The summed E-state index contributed by atoms with van der Waals surface area (Å²) in [7, 11) is 0. The molecule has 4 N–H and O–H groups in total. The lowest BCUT2D eigenvalue weighted by molar-refractivity contribution is -0.123.